The highest BCUT2D eigenvalue weighted by molar-refractivity contribution is 7.10. The van der Waals surface area contributed by atoms with Crippen molar-refractivity contribution in [2.75, 3.05) is 0 Å². The molecule has 2 atom stereocenters. The van der Waals surface area contributed by atoms with Crippen LogP contribution in [-0.4, -0.2) is 26.7 Å². The first-order chi connectivity index (χ1) is 14.8. The highest BCUT2D eigenvalue weighted by atomic mass is 32.1. The van der Waals surface area contributed by atoms with Gasteiger partial charge in [-0.15, -0.1) is 11.3 Å². The van der Waals surface area contributed by atoms with Crippen molar-refractivity contribution in [3.05, 3.63) is 45.7 Å². The molecule has 1 saturated carbocycles. The quantitative estimate of drug-likeness (QED) is 0.577. The number of amides is 1. The van der Waals surface area contributed by atoms with E-state index in [-0.39, 0.29) is 5.41 Å². The van der Waals surface area contributed by atoms with Gasteiger partial charge in [-0.25, -0.2) is 9.50 Å². The zero-order chi connectivity index (χ0) is 21.8. The fourth-order valence-corrected chi connectivity index (χ4v) is 5.59. The minimum atomic E-state index is -0.505. The van der Waals surface area contributed by atoms with Gasteiger partial charge in [0, 0.05) is 12.4 Å². The van der Waals surface area contributed by atoms with Crippen LogP contribution in [0.5, 0.6) is 0 Å². The second-order valence-electron chi connectivity index (χ2n) is 9.35. The molecule has 0 aliphatic heterocycles. The smallest absolute Gasteiger partial charge is 0.252 e. The average molecular weight is 434 g/mol. The molecule has 3 aromatic rings. The van der Waals surface area contributed by atoms with E-state index in [2.05, 4.69) is 43.0 Å². The first kappa shape index (κ1) is 20.1. The predicted molar refractivity (Wildman–Crippen MR) is 126 cm³/mol. The summed E-state index contributed by atoms with van der Waals surface area (Å²) in [6.45, 7) is 6.91. The molecule has 0 spiro atoms. The summed E-state index contributed by atoms with van der Waals surface area (Å²) in [4.78, 5) is 22.6. The topological polar surface area (TPSA) is 85.6 Å². The number of nitrogens with zero attached hydrogens (tertiary/aromatic N) is 4. The molecule has 6 nitrogen and oxygen atoms in total. The molecule has 3 heterocycles. The first-order valence-corrected chi connectivity index (χ1v) is 11.7. The van der Waals surface area contributed by atoms with Crippen LogP contribution in [0.3, 0.4) is 0 Å². The Morgan fingerprint density at radius 3 is 2.94 bits per heavy atom. The number of primary amides is 1. The van der Waals surface area contributed by atoms with Crippen LogP contribution in [0, 0.1) is 17.3 Å². The Hall–Kier alpha value is -2.80. The van der Waals surface area contributed by atoms with Crippen molar-refractivity contribution in [3.8, 4) is 0 Å². The minimum Gasteiger partial charge on any atom is -0.365 e. The molecule has 2 unspecified atom stereocenters. The van der Waals surface area contributed by atoms with E-state index in [1.807, 2.05) is 17.9 Å². The molecule has 3 aromatic heterocycles. The highest BCUT2D eigenvalue weighted by Gasteiger charge is 2.39. The molecule has 7 heteroatoms. The molecule has 2 N–H and O–H groups in total. The number of carbonyl (C=O) groups excluding carboxylic acids is 1. The maximum atomic E-state index is 12.1. The lowest BCUT2D eigenvalue weighted by Crippen LogP contribution is -2.24. The molecule has 2 aliphatic rings. The second-order valence-corrected chi connectivity index (χ2v) is 10.2. The van der Waals surface area contributed by atoms with Crippen molar-refractivity contribution in [3.63, 3.8) is 0 Å². The fourth-order valence-electron chi connectivity index (χ4n) is 4.80. The van der Waals surface area contributed by atoms with Gasteiger partial charge < -0.3 is 5.73 Å². The number of thiazole rings is 1. The molecule has 0 bridgehead atoms. The molecular weight excluding hydrogens is 406 g/mol. The molecule has 1 amide bonds. The van der Waals surface area contributed by atoms with Crippen LogP contribution < -0.4 is 5.73 Å². The van der Waals surface area contributed by atoms with Crippen molar-refractivity contribution in [2.24, 2.45) is 28.0 Å². The van der Waals surface area contributed by atoms with Gasteiger partial charge in [0.15, 0.2) is 0 Å². The number of hydrogen-bond donors (Lipinski definition) is 1. The van der Waals surface area contributed by atoms with Crippen molar-refractivity contribution in [2.45, 2.75) is 46.5 Å². The van der Waals surface area contributed by atoms with E-state index in [1.54, 1.807) is 15.9 Å². The van der Waals surface area contributed by atoms with Gasteiger partial charge in [0.1, 0.15) is 5.69 Å². The van der Waals surface area contributed by atoms with E-state index in [1.165, 1.54) is 28.8 Å². The zero-order valence-corrected chi connectivity index (χ0v) is 18.9. The third-order valence-corrected chi connectivity index (χ3v) is 8.19. The van der Waals surface area contributed by atoms with Crippen molar-refractivity contribution in [1.29, 1.82) is 0 Å². The second kappa shape index (κ2) is 7.41. The van der Waals surface area contributed by atoms with Crippen molar-refractivity contribution >= 4 is 46.3 Å². The van der Waals surface area contributed by atoms with Crippen LogP contribution in [0.4, 0.5) is 5.69 Å². The summed E-state index contributed by atoms with van der Waals surface area (Å²) in [5, 5.41) is 4.44. The number of aromatic nitrogens is 3. The summed E-state index contributed by atoms with van der Waals surface area (Å²) >= 11 is 1.67. The van der Waals surface area contributed by atoms with E-state index in [0.29, 0.717) is 23.1 Å². The number of carbonyl (C=O) groups is 1. The van der Waals surface area contributed by atoms with Crippen LogP contribution in [0.25, 0.3) is 17.2 Å². The molecule has 5 rings (SSSR count). The van der Waals surface area contributed by atoms with Gasteiger partial charge in [0.2, 0.25) is 0 Å². The van der Waals surface area contributed by atoms with Crippen LogP contribution in [0.15, 0.2) is 29.0 Å². The Bertz CT molecular complexity index is 1230. The standard InChI is InChI=1S/C24H27N5OS/c1-14-4-6-17(24(14,2)3)10-26-22-18(23(25)30)11-28-29-12-16(8-20(22)29)15-5-7-19-21(9-15)31-13-27-19/h8-14,17H,4-7H2,1-3H3,(H2,25,30). The summed E-state index contributed by atoms with van der Waals surface area (Å²) in [5.74, 6) is 0.513. The van der Waals surface area contributed by atoms with Crippen LogP contribution in [0.1, 0.15) is 66.5 Å². The van der Waals surface area contributed by atoms with E-state index in [4.69, 9.17) is 10.7 Å². The first-order valence-electron chi connectivity index (χ1n) is 10.8. The van der Waals surface area contributed by atoms with E-state index in [9.17, 15) is 4.79 Å². The number of hydrogen-bond acceptors (Lipinski definition) is 5. The maximum Gasteiger partial charge on any atom is 0.252 e. The Morgan fingerprint density at radius 1 is 1.35 bits per heavy atom. The monoisotopic (exact) mass is 433 g/mol. The van der Waals surface area contributed by atoms with E-state index in [0.717, 1.165) is 30.3 Å². The van der Waals surface area contributed by atoms with Crippen LogP contribution in [0.2, 0.25) is 0 Å². The molecule has 1 fully saturated rings. The summed E-state index contributed by atoms with van der Waals surface area (Å²) in [5.41, 5.74) is 13.1. The minimum absolute atomic E-state index is 0.187. The number of rotatable bonds is 4. The van der Waals surface area contributed by atoms with Crippen LogP contribution in [-0.2, 0) is 6.42 Å². The number of nitrogens with two attached hydrogens (primary N) is 1. The lowest BCUT2D eigenvalue weighted by atomic mass is 9.77. The van der Waals surface area contributed by atoms with E-state index >= 15 is 0 Å². The van der Waals surface area contributed by atoms with Crippen molar-refractivity contribution < 1.29 is 4.79 Å². The number of allylic oxidation sites excluding steroid dienone is 1. The summed E-state index contributed by atoms with van der Waals surface area (Å²) in [7, 11) is 0. The fraction of sp³-hybridized carbons (Fsp3) is 0.417. The van der Waals surface area contributed by atoms with E-state index < -0.39 is 5.91 Å². The average Bonchev–Trinajstić information content (AvgIpc) is 3.44. The third-order valence-electron chi connectivity index (χ3n) is 7.37. The van der Waals surface area contributed by atoms with Crippen LogP contribution >= 0.6 is 11.3 Å². The largest absolute Gasteiger partial charge is 0.365 e. The molecule has 2 aliphatic carbocycles. The third kappa shape index (κ3) is 3.41. The Labute approximate surface area is 185 Å². The Morgan fingerprint density at radius 2 is 2.19 bits per heavy atom. The zero-order valence-electron chi connectivity index (χ0n) is 18.1. The van der Waals surface area contributed by atoms with Gasteiger partial charge >= 0.3 is 0 Å². The van der Waals surface area contributed by atoms with Gasteiger partial charge in [0.05, 0.1) is 33.4 Å². The Balaban J connectivity index is 1.58. The van der Waals surface area contributed by atoms with Gasteiger partial charge in [-0.05, 0) is 66.2 Å². The lowest BCUT2D eigenvalue weighted by molar-refractivity contribution is 0.100. The summed E-state index contributed by atoms with van der Waals surface area (Å²) in [6.07, 6.45) is 12.0. The molecule has 0 aromatic carbocycles. The predicted octanol–water partition coefficient (Wildman–Crippen LogP) is 5.15. The number of fused-ring (bicyclic) bond motifs is 2. The molecule has 160 valence electrons. The summed E-state index contributed by atoms with van der Waals surface area (Å²) in [6, 6.07) is 2.08. The molecule has 31 heavy (non-hydrogen) atoms. The van der Waals surface area contributed by atoms with Gasteiger partial charge in [-0.2, -0.15) is 5.10 Å². The van der Waals surface area contributed by atoms with Gasteiger partial charge in [-0.3, -0.25) is 9.79 Å². The molecular formula is C24H27N5OS. The SMILES string of the molecule is CC1CCC(C=Nc2c(C(N)=O)cnn3cc(C4=Cc5scnc5CC4)cc23)C1(C)C. The molecule has 0 radical (unpaired) electrons. The van der Waals surface area contributed by atoms with Crippen molar-refractivity contribution in [1.82, 2.24) is 14.6 Å². The number of aliphatic imine (C=N–C) groups is 1. The lowest BCUT2D eigenvalue weighted by Gasteiger charge is -2.28. The van der Waals surface area contributed by atoms with Gasteiger partial charge in [-0.1, -0.05) is 20.8 Å². The normalized spacial score (nSPS) is 22.7. The highest BCUT2D eigenvalue weighted by Crippen LogP contribution is 2.46. The molecule has 0 saturated heterocycles. The summed E-state index contributed by atoms with van der Waals surface area (Å²) < 4.78 is 1.81. The van der Waals surface area contributed by atoms with Gasteiger partial charge in [0.25, 0.3) is 5.91 Å². The number of aryl methyl sites for hydroxylation is 1. The Kier molecular flexibility index (Phi) is 4.81. The maximum absolute atomic E-state index is 12.1.